The van der Waals surface area contributed by atoms with Crippen LogP contribution in [-0.2, 0) is 9.59 Å². The monoisotopic (exact) mass is 352 g/mol. The van der Waals surface area contributed by atoms with E-state index in [2.05, 4.69) is 20.6 Å². The normalized spacial score (nSPS) is 19.6. The van der Waals surface area contributed by atoms with Crippen LogP contribution in [0.1, 0.15) is 37.1 Å². The molecule has 0 atom stereocenters. The summed E-state index contributed by atoms with van der Waals surface area (Å²) in [4.78, 5) is 33.4. The molecular formula is C20H24N4O2. The molecule has 2 N–H and O–H groups in total. The van der Waals surface area contributed by atoms with Crippen LogP contribution in [0.5, 0.6) is 0 Å². The van der Waals surface area contributed by atoms with Gasteiger partial charge in [0.05, 0.1) is 0 Å². The van der Waals surface area contributed by atoms with Gasteiger partial charge in [0, 0.05) is 23.2 Å². The van der Waals surface area contributed by atoms with Gasteiger partial charge in [-0.2, -0.15) is 0 Å². The Morgan fingerprint density at radius 2 is 1.15 bits per heavy atom. The van der Waals surface area contributed by atoms with Crippen molar-refractivity contribution in [1.29, 1.82) is 0 Å². The molecule has 6 nitrogen and oxygen atoms in total. The number of hydrogen-bond acceptors (Lipinski definition) is 4. The van der Waals surface area contributed by atoms with Crippen molar-refractivity contribution in [3.8, 4) is 0 Å². The van der Waals surface area contributed by atoms with E-state index in [1.165, 1.54) is 0 Å². The molecule has 6 heteroatoms. The Labute approximate surface area is 153 Å². The fourth-order valence-corrected chi connectivity index (χ4v) is 3.30. The minimum Gasteiger partial charge on any atom is -0.310 e. The van der Waals surface area contributed by atoms with Gasteiger partial charge in [0.1, 0.15) is 11.6 Å². The van der Waals surface area contributed by atoms with Crippen molar-refractivity contribution < 1.29 is 9.59 Å². The van der Waals surface area contributed by atoms with Gasteiger partial charge >= 0.3 is 0 Å². The lowest BCUT2D eigenvalue weighted by molar-refractivity contribution is -0.125. The number of nitrogens with zero attached hydrogens (tertiary/aromatic N) is 2. The third kappa shape index (κ3) is 4.65. The van der Waals surface area contributed by atoms with Crippen molar-refractivity contribution >= 4 is 23.5 Å². The summed E-state index contributed by atoms with van der Waals surface area (Å²) in [6.45, 7) is 3.78. The number of aryl methyl sites for hydroxylation is 2. The zero-order valence-electron chi connectivity index (χ0n) is 15.2. The van der Waals surface area contributed by atoms with Crippen molar-refractivity contribution in [2.45, 2.75) is 39.5 Å². The first-order valence-corrected chi connectivity index (χ1v) is 9.00. The molecule has 2 aromatic rings. The third-order valence-electron chi connectivity index (χ3n) is 4.75. The predicted molar refractivity (Wildman–Crippen MR) is 101 cm³/mol. The molecule has 2 amide bonds. The van der Waals surface area contributed by atoms with Crippen molar-refractivity contribution in [2.24, 2.45) is 11.8 Å². The van der Waals surface area contributed by atoms with Crippen molar-refractivity contribution in [2.75, 3.05) is 10.6 Å². The highest BCUT2D eigenvalue weighted by molar-refractivity contribution is 5.93. The molecule has 0 spiro atoms. The Balaban J connectivity index is 1.50. The van der Waals surface area contributed by atoms with Crippen molar-refractivity contribution in [1.82, 2.24) is 9.97 Å². The molecule has 0 aromatic carbocycles. The molecule has 0 unspecified atom stereocenters. The van der Waals surface area contributed by atoms with E-state index in [0.717, 1.165) is 11.4 Å². The molecule has 3 rings (SSSR count). The minimum absolute atomic E-state index is 0.0118. The van der Waals surface area contributed by atoms with E-state index in [1.54, 1.807) is 12.1 Å². The summed E-state index contributed by atoms with van der Waals surface area (Å²) < 4.78 is 0. The van der Waals surface area contributed by atoms with Crippen LogP contribution < -0.4 is 10.6 Å². The van der Waals surface area contributed by atoms with Crippen LogP contribution >= 0.6 is 0 Å². The van der Waals surface area contributed by atoms with Gasteiger partial charge in [0.15, 0.2) is 0 Å². The highest BCUT2D eigenvalue weighted by atomic mass is 16.2. The third-order valence-corrected chi connectivity index (χ3v) is 4.75. The standard InChI is InChI=1S/C20H24N4O2/c1-13-5-3-7-17(21-13)23-19(25)15-9-11-16(12-10-15)20(26)24-18-8-4-6-14(2)22-18/h3-8,15-16H,9-12H2,1-2H3,(H,21,23,25)(H,22,24,26). The number of aromatic nitrogens is 2. The van der Waals surface area contributed by atoms with Crippen LogP contribution in [0.3, 0.4) is 0 Å². The minimum atomic E-state index is -0.0709. The van der Waals surface area contributed by atoms with Gasteiger partial charge in [-0.25, -0.2) is 9.97 Å². The molecule has 1 fully saturated rings. The van der Waals surface area contributed by atoms with Gasteiger partial charge in [-0.15, -0.1) is 0 Å². The highest BCUT2D eigenvalue weighted by Crippen LogP contribution is 2.30. The molecule has 136 valence electrons. The number of anilines is 2. The quantitative estimate of drug-likeness (QED) is 0.882. The van der Waals surface area contributed by atoms with Crippen LogP contribution in [0.4, 0.5) is 11.6 Å². The fourth-order valence-electron chi connectivity index (χ4n) is 3.30. The van der Waals surface area contributed by atoms with Crippen LogP contribution in [0.25, 0.3) is 0 Å². The summed E-state index contributed by atoms with van der Waals surface area (Å²) in [6.07, 6.45) is 2.82. The predicted octanol–water partition coefficient (Wildman–Crippen LogP) is 3.48. The zero-order valence-corrected chi connectivity index (χ0v) is 15.2. The van der Waals surface area contributed by atoms with E-state index < -0.39 is 0 Å². The molecule has 0 saturated heterocycles. The Kier molecular flexibility index (Phi) is 5.61. The maximum Gasteiger partial charge on any atom is 0.228 e. The summed E-state index contributed by atoms with van der Waals surface area (Å²) in [7, 11) is 0. The summed E-state index contributed by atoms with van der Waals surface area (Å²) in [5, 5.41) is 5.76. The number of pyridine rings is 2. The largest absolute Gasteiger partial charge is 0.310 e. The molecule has 2 heterocycles. The number of amides is 2. The lowest BCUT2D eigenvalue weighted by atomic mass is 9.81. The van der Waals surface area contributed by atoms with Gasteiger partial charge in [0.2, 0.25) is 11.8 Å². The molecule has 1 saturated carbocycles. The van der Waals surface area contributed by atoms with Gasteiger partial charge in [-0.1, -0.05) is 12.1 Å². The average Bonchev–Trinajstić information content (AvgIpc) is 2.62. The molecule has 0 radical (unpaired) electrons. The molecule has 0 bridgehead atoms. The first-order chi connectivity index (χ1) is 12.5. The van der Waals surface area contributed by atoms with E-state index in [9.17, 15) is 9.59 Å². The van der Waals surface area contributed by atoms with Crippen LogP contribution in [0, 0.1) is 25.7 Å². The number of rotatable bonds is 4. The summed E-state index contributed by atoms with van der Waals surface area (Å²) in [6, 6.07) is 11.1. The molecule has 1 aliphatic carbocycles. The average molecular weight is 352 g/mol. The topological polar surface area (TPSA) is 84.0 Å². The first-order valence-electron chi connectivity index (χ1n) is 9.00. The SMILES string of the molecule is Cc1cccc(NC(=O)C2CCC(C(=O)Nc3cccc(C)n3)CC2)n1. The molecule has 1 aliphatic rings. The van der Waals surface area contributed by atoms with Crippen LogP contribution in [0.15, 0.2) is 36.4 Å². The van der Waals surface area contributed by atoms with Crippen LogP contribution in [0.2, 0.25) is 0 Å². The Morgan fingerprint density at radius 1 is 0.769 bits per heavy atom. The second-order valence-electron chi connectivity index (χ2n) is 6.86. The van der Waals surface area contributed by atoms with Crippen molar-refractivity contribution in [3.63, 3.8) is 0 Å². The fraction of sp³-hybridized carbons (Fsp3) is 0.400. The molecule has 0 aliphatic heterocycles. The number of carbonyl (C=O) groups excluding carboxylic acids is 2. The molecule has 26 heavy (non-hydrogen) atoms. The van der Waals surface area contributed by atoms with E-state index >= 15 is 0 Å². The van der Waals surface area contributed by atoms with Gasteiger partial charge in [-0.05, 0) is 63.8 Å². The number of carbonyl (C=O) groups is 2. The Bertz CT molecular complexity index is 730. The number of hydrogen-bond donors (Lipinski definition) is 2. The van der Waals surface area contributed by atoms with E-state index in [0.29, 0.717) is 37.3 Å². The lowest BCUT2D eigenvalue weighted by Crippen LogP contribution is -2.32. The zero-order chi connectivity index (χ0) is 18.5. The molecule has 2 aromatic heterocycles. The summed E-state index contributed by atoms with van der Waals surface area (Å²) in [5.41, 5.74) is 1.74. The van der Waals surface area contributed by atoms with Gasteiger partial charge in [0.25, 0.3) is 0 Å². The lowest BCUT2D eigenvalue weighted by Gasteiger charge is -2.26. The van der Waals surface area contributed by atoms with Crippen molar-refractivity contribution in [3.05, 3.63) is 47.8 Å². The number of nitrogens with one attached hydrogen (secondary N) is 2. The van der Waals surface area contributed by atoms with E-state index in [1.807, 2.05) is 38.1 Å². The summed E-state index contributed by atoms with van der Waals surface area (Å²) >= 11 is 0. The maximum atomic E-state index is 12.4. The Hall–Kier alpha value is -2.76. The summed E-state index contributed by atoms with van der Waals surface area (Å²) in [5.74, 6) is 1.00. The van der Waals surface area contributed by atoms with E-state index in [-0.39, 0.29) is 23.7 Å². The Morgan fingerprint density at radius 3 is 1.50 bits per heavy atom. The van der Waals surface area contributed by atoms with Gasteiger partial charge < -0.3 is 10.6 Å². The van der Waals surface area contributed by atoms with Gasteiger partial charge in [-0.3, -0.25) is 9.59 Å². The highest BCUT2D eigenvalue weighted by Gasteiger charge is 2.30. The smallest absolute Gasteiger partial charge is 0.228 e. The first kappa shape index (κ1) is 18.0. The second kappa shape index (κ2) is 8.08. The maximum absolute atomic E-state index is 12.4. The van der Waals surface area contributed by atoms with Crippen LogP contribution in [-0.4, -0.2) is 21.8 Å². The van der Waals surface area contributed by atoms with E-state index in [4.69, 9.17) is 0 Å². The molecular weight excluding hydrogens is 328 g/mol. The second-order valence-corrected chi connectivity index (χ2v) is 6.86.